The second-order valence-electron chi connectivity index (χ2n) is 8.94. The summed E-state index contributed by atoms with van der Waals surface area (Å²) >= 11 is 6.36. The Labute approximate surface area is 181 Å². The van der Waals surface area contributed by atoms with Crippen LogP contribution in [0.25, 0.3) is 11.1 Å². The number of piperazine rings is 1. The summed E-state index contributed by atoms with van der Waals surface area (Å²) in [6.45, 7) is 12.6. The Kier molecular flexibility index (Phi) is 6.67. The molecule has 2 aromatic carbocycles. The molecule has 0 bridgehead atoms. The lowest BCUT2D eigenvalue weighted by atomic mass is 10.0. The fourth-order valence-corrected chi connectivity index (χ4v) is 4.87. The van der Waals surface area contributed by atoms with E-state index in [0.29, 0.717) is 0 Å². The second-order valence-corrected chi connectivity index (χ2v) is 9.37. The highest BCUT2D eigenvalue weighted by molar-refractivity contribution is 6.31. The van der Waals surface area contributed by atoms with Crippen LogP contribution in [-0.2, 0) is 0 Å². The van der Waals surface area contributed by atoms with Crippen molar-refractivity contribution in [3.8, 4) is 11.1 Å². The van der Waals surface area contributed by atoms with Gasteiger partial charge in [0.05, 0.1) is 0 Å². The van der Waals surface area contributed by atoms with Crippen LogP contribution in [0.3, 0.4) is 0 Å². The first-order valence-corrected chi connectivity index (χ1v) is 11.6. The fraction of sp³-hybridized carbons (Fsp3) is 0.520. The largest absolute Gasteiger partial charge is 0.371 e. The van der Waals surface area contributed by atoms with Crippen LogP contribution in [0, 0.1) is 5.92 Å². The molecule has 0 amide bonds. The Morgan fingerprint density at radius 2 is 1.48 bits per heavy atom. The molecular formula is C25H34ClN3. The van der Waals surface area contributed by atoms with Crippen LogP contribution >= 0.6 is 11.6 Å². The second kappa shape index (κ2) is 9.40. The Morgan fingerprint density at radius 3 is 2.14 bits per heavy atom. The maximum Gasteiger partial charge on any atom is 0.0460 e. The van der Waals surface area contributed by atoms with Crippen LogP contribution in [-0.4, -0.2) is 50.7 Å². The van der Waals surface area contributed by atoms with E-state index in [1.165, 1.54) is 48.3 Å². The van der Waals surface area contributed by atoms with Crippen molar-refractivity contribution in [2.24, 2.45) is 5.92 Å². The molecule has 0 atom stereocenters. The smallest absolute Gasteiger partial charge is 0.0460 e. The van der Waals surface area contributed by atoms with Crippen LogP contribution in [0.15, 0.2) is 42.5 Å². The molecule has 0 aromatic heterocycles. The van der Waals surface area contributed by atoms with E-state index < -0.39 is 0 Å². The minimum absolute atomic E-state index is 0.745. The topological polar surface area (TPSA) is 9.72 Å². The maximum absolute atomic E-state index is 6.36. The molecular weight excluding hydrogens is 378 g/mol. The van der Waals surface area contributed by atoms with Crippen LogP contribution in [0.4, 0.5) is 11.4 Å². The van der Waals surface area contributed by atoms with Gasteiger partial charge in [0.15, 0.2) is 0 Å². The molecule has 0 radical (unpaired) electrons. The average Bonchev–Trinajstić information content (AvgIpc) is 2.75. The quantitative estimate of drug-likeness (QED) is 0.617. The predicted molar refractivity (Wildman–Crippen MR) is 126 cm³/mol. The summed E-state index contributed by atoms with van der Waals surface area (Å²) in [5, 5.41) is 0.824. The van der Waals surface area contributed by atoms with Gasteiger partial charge < -0.3 is 9.80 Å². The minimum Gasteiger partial charge on any atom is -0.371 e. The SMILES string of the molecule is CC(C)CN1CCN(c2ccc(-c3ccc(Cl)cc3N3CCCCC3)cc2)CC1. The molecule has 2 heterocycles. The molecule has 0 aliphatic carbocycles. The van der Waals surface area contributed by atoms with Gasteiger partial charge in [-0.3, -0.25) is 4.90 Å². The summed E-state index contributed by atoms with van der Waals surface area (Å²) in [6, 6.07) is 15.5. The maximum atomic E-state index is 6.36. The number of rotatable bonds is 5. The standard InChI is InChI=1S/C25H34ClN3/c1-20(2)19-27-14-16-28(17-15-27)23-9-6-21(7-10-23)24-11-8-22(26)18-25(24)29-12-4-3-5-13-29/h6-11,18,20H,3-5,12-17,19H2,1-2H3. The zero-order valence-electron chi connectivity index (χ0n) is 17.9. The molecule has 3 nitrogen and oxygen atoms in total. The van der Waals surface area contributed by atoms with E-state index in [4.69, 9.17) is 11.6 Å². The fourth-order valence-electron chi connectivity index (χ4n) is 4.70. The van der Waals surface area contributed by atoms with Gasteiger partial charge in [-0.05, 0) is 55.0 Å². The number of anilines is 2. The summed E-state index contributed by atoms with van der Waals surface area (Å²) in [5.74, 6) is 0.745. The van der Waals surface area contributed by atoms with Gasteiger partial charge in [0.25, 0.3) is 0 Å². The highest BCUT2D eigenvalue weighted by Gasteiger charge is 2.19. The van der Waals surface area contributed by atoms with Gasteiger partial charge in [-0.2, -0.15) is 0 Å². The summed E-state index contributed by atoms with van der Waals surface area (Å²) in [7, 11) is 0. The molecule has 4 heteroatoms. The molecule has 0 N–H and O–H groups in total. The normalized spacial score (nSPS) is 18.5. The van der Waals surface area contributed by atoms with Gasteiger partial charge in [0.2, 0.25) is 0 Å². The van der Waals surface area contributed by atoms with Gasteiger partial charge >= 0.3 is 0 Å². The predicted octanol–water partition coefficient (Wildman–Crippen LogP) is 5.78. The molecule has 0 unspecified atom stereocenters. The summed E-state index contributed by atoms with van der Waals surface area (Å²) < 4.78 is 0. The molecule has 0 spiro atoms. The molecule has 156 valence electrons. The Morgan fingerprint density at radius 1 is 0.793 bits per heavy atom. The first kappa shape index (κ1) is 20.6. The third-order valence-electron chi connectivity index (χ3n) is 6.20. The van der Waals surface area contributed by atoms with E-state index in [2.05, 4.69) is 64.9 Å². The summed E-state index contributed by atoms with van der Waals surface area (Å²) in [5.41, 5.74) is 5.20. The highest BCUT2D eigenvalue weighted by Crippen LogP contribution is 2.35. The zero-order valence-corrected chi connectivity index (χ0v) is 18.7. The zero-order chi connectivity index (χ0) is 20.2. The Bertz CT molecular complexity index is 788. The van der Waals surface area contributed by atoms with Crippen molar-refractivity contribution in [2.75, 3.05) is 55.6 Å². The van der Waals surface area contributed by atoms with Crippen LogP contribution in [0.2, 0.25) is 5.02 Å². The van der Waals surface area contributed by atoms with Gasteiger partial charge in [0.1, 0.15) is 0 Å². The van der Waals surface area contributed by atoms with E-state index in [1.54, 1.807) is 0 Å². The van der Waals surface area contributed by atoms with Crippen molar-refractivity contribution >= 4 is 23.0 Å². The molecule has 2 aliphatic rings. The molecule has 2 saturated heterocycles. The summed E-state index contributed by atoms with van der Waals surface area (Å²) in [6.07, 6.45) is 3.88. The van der Waals surface area contributed by atoms with Crippen molar-refractivity contribution in [3.05, 3.63) is 47.5 Å². The number of nitrogens with zero attached hydrogens (tertiary/aromatic N) is 3. The van der Waals surface area contributed by atoms with E-state index in [1.807, 2.05) is 6.07 Å². The third kappa shape index (κ3) is 5.07. The van der Waals surface area contributed by atoms with Crippen LogP contribution in [0.1, 0.15) is 33.1 Å². The van der Waals surface area contributed by atoms with Crippen molar-refractivity contribution in [3.63, 3.8) is 0 Å². The average molecular weight is 412 g/mol. The van der Waals surface area contributed by atoms with E-state index in [0.717, 1.165) is 50.2 Å². The number of hydrogen-bond donors (Lipinski definition) is 0. The number of halogens is 1. The Hall–Kier alpha value is -1.71. The first-order valence-electron chi connectivity index (χ1n) is 11.2. The van der Waals surface area contributed by atoms with E-state index in [9.17, 15) is 0 Å². The lowest BCUT2D eigenvalue weighted by Gasteiger charge is -2.37. The highest BCUT2D eigenvalue weighted by atomic mass is 35.5. The monoisotopic (exact) mass is 411 g/mol. The van der Waals surface area contributed by atoms with Crippen molar-refractivity contribution in [1.29, 1.82) is 0 Å². The minimum atomic E-state index is 0.745. The van der Waals surface area contributed by atoms with Gasteiger partial charge in [0, 0.05) is 67.8 Å². The van der Waals surface area contributed by atoms with Crippen molar-refractivity contribution in [1.82, 2.24) is 4.90 Å². The molecule has 0 saturated carbocycles. The number of piperidine rings is 1. The molecule has 2 fully saturated rings. The molecule has 4 rings (SSSR count). The van der Waals surface area contributed by atoms with Gasteiger partial charge in [-0.25, -0.2) is 0 Å². The van der Waals surface area contributed by atoms with E-state index in [-0.39, 0.29) is 0 Å². The third-order valence-corrected chi connectivity index (χ3v) is 6.43. The Balaban J connectivity index is 1.49. The number of hydrogen-bond acceptors (Lipinski definition) is 3. The molecule has 2 aliphatic heterocycles. The lowest BCUT2D eigenvalue weighted by molar-refractivity contribution is 0.231. The van der Waals surface area contributed by atoms with E-state index >= 15 is 0 Å². The molecule has 29 heavy (non-hydrogen) atoms. The van der Waals surface area contributed by atoms with Gasteiger partial charge in [-0.15, -0.1) is 0 Å². The first-order chi connectivity index (χ1) is 14.1. The number of benzene rings is 2. The van der Waals surface area contributed by atoms with Crippen LogP contribution < -0.4 is 9.80 Å². The van der Waals surface area contributed by atoms with Crippen molar-refractivity contribution in [2.45, 2.75) is 33.1 Å². The molecule has 2 aromatic rings. The van der Waals surface area contributed by atoms with Crippen LogP contribution in [0.5, 0.6) is 0 Å². The lowest BCUT2D eigenvalue weighted by Crippen LogP contribution is -2.47. The summed E-state index contributed by atoms with van der Waals surface area (Å²) in [4.78, 5) is 7.62. The van der Waals surface area contributed by atoms with Gasteiger partial charge in [-0.1, -0.05) is 43.6 Å². The van der Waals surface area contributed by atoms with Crippen molar-refractivity contribution < 1.29 is 0 Å².